The fourth-order valence-corrected chi connectivity index (χ4v) is 3.03. The maximum absolute atomic E-state index is 11.7. The van der Waals surface area contributed by atoms with Gasteiger partial charge in [-0.3, -0.25) is 4.90 Å². The Morgan fingerprint density at radius 3 is 2.56 bits per heavy atom. The molecule has 0 radical (unpaired) electrons. The second-order valence-electron chi connectivity index (χ2n) is 6.84. The average molecular weight is 349 g/mol. The molecule has 2 amide bonds. The summed E-state index contributed by atoms with van der Waals surface area (Å²) < 4.78 is 5.19. The van der Waals surface area contributed by atoms with E-state index in [2.05, 4.69) is 27.7 Å². The van der Waals surface area contributed by atoms with E-state index in [0.29, 0.717) is 18.9 Å². The van der Waals surface area contributed by atoms with E-state index in [1.165, 1.54) is 5.56 Å². The summed E-state index contributed by atoms with van der Waals surface area (Å²) in [5.74, 6) is 1.43. The number of urea groups is 1. The summed E-state index contributed by atoms with van der Waals surface area (Å²) >= 11 is 0. The van der Waals surface area contributed by atoms with Gasteiger partial charge in [0, 0.05) is 19.6 Å². The first kappa shape index (κ1) is 19.5. The number of hydrogen-bond donors (Lipinski definition) is 3. The molecular formula is C19H31N3O3. The number of ether oxygens (including phenoxy) is 1. The van der Waals surface area contributed by atoms with E-state index in [1.54, 1.807) is 14.0 Å². The minimum absolute atomic E-state index is 0.138. The van der Waals surface area contributed by atoms with Crippen LogP contribution in [0.3, 0.4) is 0 Å². The molecular weight excluding hydrogens is 318 g/mol. The van der Waals surface area contributed by atoms with E-state index in [1.807, 2.05) is 12.1 Å². The van der Waals surface area contributed by atoms with Crippen molar-refractivity contribution < 1.29 is 14.6 Å². The third-order valence-corrected chi connectivity index (χ3v) is 4.67. The molecule has 2 rings (SSSR count). The number of hydrogen-bond acceptors (Lipinski definition) is 4. The molecule has 0 aliphatic carbocycles. The van der Waals surface area contributed by atoms with E-state index in [-0.39, 0.29) is 12.1 Å². The number of nitrogens with one attached hydrogen (secondary N) is 2. The first-order valence-electron chi connectivity index (χ1n) is 9.12. The lowest BCUT2D eigenvalue weighted by atomic mass is 9.96. The van der Waals surface area contributed by atoms with E-state index in [0.717, 1.165) is 44.8 Å². The number of methoxy groups -OCH3 is 1. The summed E-state index contributed by atoms with van der Waals surface area (Å²) in [5, 5.41) is 14.9. The number of rotatable bonds is 8. The molecule has 1 aromatic rings. The minimum Gasteiger partial charge on any atom is -0.497 e. The van der Waals surface area contributed by atoms with Gasteiger partial charge in [-0.25, -0.2) is 4.79 Å². The largest absolute Gasteiger partial charge is 0.497 e. The molecule has 3 N–H and O–H groups in total. The van der Waals surface area contributed by atoms with Crippen LogP contribution in [0.5, 0.6) is 5.75 Å². The maximum Gasteiger partial charge on any atom is 0.314 e. The molecule has 25 heavy (non-hydrogen) atoms. The molecule has 6 heteroatoms. The Labute approximate surface area is 150 Å². The predicted octanol–water partition coefficient (Wildman–Crippen LogP) is 1.98. The molecule has 1 atom stereocenters. The average Bonchev–Trinajstić information content (AvgIpc) is 2.61. The van der Waals surface area contributed by atoms with Crippen molar-refractivity contribution in [3.8, 4) is 5.75 Å². The van der Waals surface area contributed by atoms with Crippen molar-refractivity contribution in [3.63, 3.8) is 0 Å². The topological polar surface area (TPSA) is 73.8 Å². The second kappa shape index (κ2) is 10.3. The van der Waals surface area contributed by atoms with Crippen molar-refractivity contribution in [2.75, 3.05) is 33.3 Å². The zero-order valence-electron chi connectivity index (χ0n) is 15.3. The van der Waals surface area contributed by atoms with Crippen LogP contribution in [0, 0.1) is 5.92 Å². The molecule has 1 fully saturated rings. The van der Waals surface area contributed by atoms with Crippen molar-refractivity contribution in [1.29, 1.82) is 0 Å². The lowest BCUT2D eigenvalue weighted by Crippen LogP contribution is -2.42. The van der Waals surface area contributed by atoms with Crippen LogP contribution >= 0.6 is 0 Å². The summed E-state index contributed by atoms with van der Waals surface area (Å²) in [4.78, 5) is 14.2. The van der Waals surface area contributed by atoms with Crippen molar-refractivity contribution in [2.24, 2.45) is 5.92 Å². The highest BCUT2D eigenvalue weighted by Crippen LogP contribution is 2.19. The molecule has 0 saturated carbocycles. The van der Waals surface area contributed by atoms with Gasteiger partial charge in [0.25, 0.3) is 0 Å². The van der Waals surface area contributed by atoms with Crippen LogP contribution in [0.15, 0.2) is 24.3 Å². The van der Waals surface area contributed by atoms with Gasteiger partial charge in [-0.15, -0.1) is 0 Å². The number of carbonyl (C=O) groups excluding carboxylic acids is 1. The first-order chi connectivity index (χ1) is 12.1. The van der Waals surface area contributed by atoms with Crippen LogP contribution in [0.25, 0.3) is 0 Å². The summed E-state index contributed by atoms with van der Waals surface area (Å²) in [6, 6.07) is 8.10. The Morgan fingerprint density at radius 2 is 1.96 bits per heavy atom. The van der Waals surface area contributed by atoms with Crippen LogP contribution in [0.1, 0.15) is 31.7 Å². The van der Waals surface area contributed by atoms with Crippen LogP contribution in [0.4, 0.5) is 4.79 Å². The van der Waals surface area contributed by atoms with Crippen molar-refractivity contribution >= 4 is 6.03 Å². The lowest BCUT2D eigenvalue weighted by molar-refractivity contribution is 0.173. The van der Waals surface area contributed by atoms with E-state index >= 15 is 0 Å². The predicted molar refractivity (Wildman–Crippen MR) is 98.7 cm³/mol. The van der Waals surface area contributed by atoms with Crippen molar-refractivity contribution in [3.05, 3.63) is 29.8 Å². The zero-order chi connectivity index (χ0) is 18.1. The van der Waals surface area contributed by atoms with Gasteiger partial charge in [-0.2, -0.15) is 0 Å². The Morgan fingerprint density at radius 1 is 1.28 bits per heavy atom. The quantitative estimate of drug-likeness (QED) is 0.671. The fraction of sp³-hybridized carbons (Fsp3) is 0.632. The monoisotopic (exact) mass is 349 g/mol. The van der Waals surface area contributed by atoms with Crippen LogP contribution < -0.4 is 15.4 Å². The number of amides is 2. The van der Waals surface area contributed by atoms with Gasteiger partial charge < -0.3 is 20.5 Å². The molecule has 1 aromatic carbocycles. The van der Waals surface area contributed by atoms with Crippen LogP contribution in [0.2, 0.25) is 0 Å². The number of piperidine rings is 1. The number of carbonyl (C=O) groups is 1. The standard InChI is InChI=1S/C19H31N3O3/c1-15(23)7-10-20-19(24)21-13-16-8-11-22(12-9-16)14-17-3-5-18(25-2)6-4-17/h3-6,15-16,23H,7-14H2,1-2H3,(H2,20,21,24). The molecule has 1 heterocycles. The second-order valence-corrected chi connectivity index (χ2v) is 6.84. The van der Waals surface area contributed by atoms with E-state index in [4.69, 9.17) is 4.74 Å². The molecule has 1 saturated heterocycles. The van der Waals surface area contributed by atoms with Crippen molar-refractivity contribution in [2.45, 2.75) is 38.8 Å². The Hall–Kier alpha value is -1.79. The molecule has 140 valence electrons. The molecule has 0 aromatic heterocycles. The summed E-state index contributed by atoms with van der Waals surface area (Å²) in [7, 11) is 1.68. The number of aliphatic hydroxyl groups excluding tert-OH is 1. The normalized spacial score (nSPS) is 17.1. The number of likely N-dealkylation sites (tertiary alicyclic amines) is 1. The van der Waals surface area contributed by atoms with E-state index < -0.39 is 0 Å². The lowest BCUT2D eigenvalue weighted by Gasteiger charge is -2.32. The zero-order valence-corrected chi connectivity index (χ0v) is 15.3. The molecule has 0 bridgehead atoms. The number of aliphatic hydroxyl groups is 1. The number of benzene rings is 1. The fourth-order valence-electron chi connectivity index (χ4n) is 3.03. The smallest absolute Gasteiger partial charge is 0.314 e. The Kier molecular flexibility index (Phi) is 8.01. The maximum atomic E-state index is 11.7. The van der Waals surface area contributed by atoms with Crippen molar-refractivity contribution in [1.82, 2.24) is 15.5 Å². The summed E-state index contributed by atoms with van der Waals surface area (Å²) in [6.45, 7) is 6.02. The van der Waals surface area contributed by atoms with Gasteiger partial charge in [0.15, 0.2) is 0 Å². The summed E-state index contributed by atoms with van der Waals surface area (Å²) in [5.41, 5.74) is 1.30. The SMILES string of the molecule is COc1ccc(CN2CCC(CNC(=O)NCCC(C)O)CC2)cc1. The molecule has 1 aliphatic rings. The van der Waals surface area contributed by atoms with Crippen LogP contribution in [-0.4, -0.2) is 55.4 Å². The van der Waals surface area contributed by atoms with Gasteiger partial charge >= 0.3 is 6.03 Å². The van der Waals surface area contributed by atoms with Gasteiger partial charge in [0.2, 0.25) is 0 Å². The highest BCUT2D eigenvalue weighted by atomic mass is 16.5. The molecule has 1 unspecified atom stereocenters. The highest BCUT2D eigenvalue weighted by molar-refractivity contribution is 5.73. The Bertz CT molecular complexity index is 511. The third kappa shape index (κ3) is 7.32. The number of nitrogens with zero attached hydrogens (tertiary/aromatic N) is 1. The molecule has 0 spiro atoms. The van der Waals surface area contributed by atoms with Crippen LogP contribution in [-0.2, 0) is 6.54 Å². The molecule has 6 nitrogen and oxygen atoms in total. The summed E-state index contributed by atoms with van der Waals surface area (Å²) in [6.07, 6.45) is 2.40. The third-order valence-electron chi connectivity index (χ3n) is 4.67. The highest BCUT2D eigenvalue weighted by Gasteiger charge is 2.19. The minimum atomic E-state index is -0.379. The van der Waals surface area contributed by atoms with E-state index in [9.17, 15) is 9.90 Å². The van der Waals surface area contributed by atoms with Gasteiger partial charge in [-0.1, -0.05) is 12.1 Å². The Balaban J connectivity index is 1.61. The first-order valence-corrected chi connectivity index (χ1v) is 9.12. The van der Waals surface area contributed by atoms with Gasteiger partial charge in [-0.05, 0) is 62.9 Å². The van der Waals surface area contributed by atoms with Gasteiger partial charge in [0.1, 0.15) is 5.75 Å². The molecule has 1 aliphatic heterocycles. The van der Waals surface area contributed by atoms with Gasteiger partial charge in [0.05, 0.1) is 13.2 Å².